The van der Waals surface area contributed by atoms with Crippen molar-refractivity contribution < 1.29 is 23.4 Å². The van der Waals surface area contributed by atoms with E-state index in [1.807, 2.05) is 0 Å². The Labute approximate surface area is 135 Å². The third-order valence-electron chi connectivity index (χ3n) is 4.13. The lowest BCUT2D eigenvalue weighted by molar-refractivity contribution is 0.0694. The maximum Gasteiger partial charge on any atom is 0.341 e. The van der Waals surface area contributed by atoms with Crippen molar-refractivity contribution in [2.24, 2.45) is 0 Å². The fraction of sp³-hybridized carbons (Fsp3) is 0.375. The minimum atomic E-state index is -1.43. The van der Waals surface area contributed by atoms with Crippen LogP contribution in [-0.4, -0.2) is 41.9 Å². The molecule has 3 rings (SSSR count). The number of carboxylic acids is 1. The van der Waals surface area contributed by atoms with Gasteiger partial charge in [-0.3, -0.25) is 4.79 Å². The lowest BCUT2D eigenvalue weighted by Gasteiger charge is -2.30. The molecule has 0 radical (unpaired) electrons. The number of pyridine rings is 1. The summed E-state index contributed by atoms with van der Waals surface area (Å²) in [5.74, 6) is -3.17. The molecule has 0 aliphatic carbocycles. The van der Waals surface area contributed by atoms with E-state index in [4.69, 9.17) is 9.84 Å². The number of halogens is 2. The first-order valence-electron chi connectivity index (χ1n) is 7.56. The monoisotopic (exact) mass is 338 g/mol. The Balaban J connectivity index is 2.34. The van der Waals surface area contributed by atoms with Gasteiger partial charge in [-0.25, -0.2) is 13.6 Å². The summed E-state index contributed by atoms with van der Waals surface area (Å²) in [6.45, 7) is 3.31. The fourth-order valence-electron chi connectivity index (χ4n) is 2.96. The van der Waals surface area contributed by atoms with Gasteiger partial charge in [0.1, 0.15) is 17.1 Å². The largest absolute Gasteiger partial charge is 0.477 e. The number of benzene rings is 1. The van der Waals surface area contributed by atoms with Gasteiger partial charge in [0, 0.05) is 25.8 Å². The Morgan fingerprint density at radius 3 is 2.58 bits per heavy atom. The van der Waals surface area contributed by atoms with E-state index in [1.165, 1.54) is 9.47 Å². The maximum atomic E-state index is 15.0. The molecule has 1 aliphatic heterocycles. The zero-order valence-corrected chi connectivity index (χ0v) is 13.0. The molecular formula is C16H16F2N2O4. The normalized spacial score (nSPS) is 15.0. The average molecular weight is 338 g/mol. The van der Waals surface area contributed by atoms with Gasteiger partial charge in [0.15, 0.2) is 5.82 Å². The Bertz CT molecular complexity index is 873. The van der Waals surface area contributed by atoms with Crippen molar-refractivity contribution in [1.82, 2.24) is 4.57 Å². The van der Waals surface area contributed by atoms with Crippen LogP contribution in [0.3, 0.4) is 0 Å². The van der Waals surface area contributed by atoms with Crippen LogP contribution in [0.2, 0.25) is 0 Å². The number of fused-ring (bicyclic) bond motifs is 1. The summed E-state index contributed by atoms with van der Waals surface area (Å²) in [7, 11) is 0. The number of hydrogen-bond acceptors (Lipinski definition) is 4. The van der Waals surface area contributed by atoms with Crippen LogP contribution in [0.15, 0.2) is 17.1 Å². The molecule has 1 aliphatic rings. The summed E-state index contributed by atoms with van der Waals surface area (Å²) in [5.41, 5.74) is -1.71. The number of aromatic nitrogens is 1. The average Bonchev–Trinajstić information content (AvgIpc) is 2.56. The zero-order valence-electron chi connectivity index (χ0n) is 13.0. The quantitative estimate of drug-likeness (QED) is 0.924. The van der Waals surface area contributed by atoms with Crippen LogP contribution in [0, 0.1) is 11.6 Å². The third-order valence-corrected chi connectivity index (χ3v) is 4.13. The van der Waals surface area contributed by atoms with Crippen molar-refractivity contribution in [3.63, 3.8) is 0 Å². The van der Waals surface area contributed by atoms with Crippen LogP contribution < -0.4 is 10.3 Å². The van der Waals surface area contributed by atoms with Crippen LogP contribution in [0.4, 0.5) is 14.5 Å². The van der Waals surface area contributed by atoms with Gasteiger partial charge >= 0.3 is 5.97 Å². The van der Waals surface area contributed by atoms with Gasteiger partial charge in [-0.05, 0) is 13.0 Å². The highest BCUT2D eigenvalue weighted by molar-refractivity contribution is 5.93. The summed E-state index contributed by atoms with van der Waals surface area (Å²) in [6, 6.07) is 0.921. The highest BCUT2D eigenvalue weighted by Crippen LogP contribution is 2.30. The van der Waals surface area contributed by atoms with Gasteiger partial charge in [-0.15, -0.1) is 0 Å². The van der Waals surface area contributed by atoms with Crippen molar-refractivity contribution in [3.05, 3.63) is 39.7 Å². The number of aryl methyl sites for hydroxylation is 1. The molecule has 6 nitrogen and oxygen atoms in total. The second-order valence-corrected chi connectivity index (χ2v) is 5.48. The first kappa shape index (κ1) is 16.4. The minimum Gasteiger partial charge on any atom is -0.477 e. The first-order chi connectivity index (χ1) is 11.5. The van der Waals surface area contributed by atoms with Crippen molar-refractivity contribution in [2.75, 3.05) is 31.2 Å². The topological polar surface area (TPSA) is 71.8 Å². The van der Waals surface area contributed by atoms with E-state index in [0.717, 1.165) is 12.3 Å². The molecule has 1 aromatic heterocycles. The molecule has 8 heteroatoms. The van der Waals surface area contributed by atoms with E-state index in [9.17, 15) is 14.0 Å². The van der Waals surface area contributed by atoms with Crippen LogP contribution in [0.1, 0.15) is 17.3 Å². The summed E-state index contributed by atoms with van der Waals surface area (Å²) >= 11 is 0. The van der Waals surface area contributed by atoms with E-state index >= 15 is 4.39 Å². The third kappa shape index (κ3) is 2.52. The summed E-state index contributed by atoms with van der Waals surface area (Å²) < 4.78 is 36.0. The molecule has 0 saturated carbocycles. The second-order valence-electron chi connectivity index (χ2n) is 5.48. The smallest absolute Gasteiger partial charge is 0.341 e. The number of anilines is 1. The number of carboxylic acid groups (broad SMARTS) is 1. The van der Waals surface area contributed by atoms with Crippen molar-refractivity contribution in [3.8, 4) is 0 Å². The van der Waals surface area contributed by atoms with E-state index in [1.54, 1.807) is 6.92 Å². The molecule has 2 aromatic rings. The Kier molecular flexibility index (Phi) is 4.23. The number of rotatable bonds is 3. The first-order valence-corrected chi connectivity index (χ1v) is 7.56. The Morgan fingerprint density at radius 1 is 1.33 bits per heavy atom. The van der Waals surface area contributed by atoms with Crippen LogP contribution >= 0.6 is 0 Å². The number of carbonyl (C=O) groups is 1. The second kappa shape index (κ2) is 6.20. The van der Waals surface area contributed by atoms with Crippen molar-refractivity contribution >= 4 is 22.6 Å². The zero-order chi connectivity index (χ0) is 17.4. The van der Waals surface area contributed by atoms with E-state index in [2.05, 4.69) is 0 Å². The minimum absolute atomic E-state index is 0.0876. The highest BCUT2D eigenvalue weighted by Gasteiger charge is 2.25. The molecule has 0 bridgehead atoms. The number of aromatic carboxylic acids is 1. The molecule has 2 heterocycles. The molecule has 1 saturated heterocycles. The SMILES string of the molecule is CCn1cc(C(=O)O)c(=O)c2cc(F)c(N3CCOCC3)c(F)c21. The lowest BCUT2D eigenvalue weighted by Crippen LogP contribution is -2.37. The standard InChI is InChI=1S/C16H16F2N2O4/c1-2-19-8-10(16(22)23)15(21)9-7-11(17)14(12(18)13(9)19)20-3-5-24-6-4-20/h7-8H,2-6H2,1H3,(H,22,23). The molecule has 0 unspecified atom stereocenters. The lowest BCUT2D eigenvalue weighted by atomic mass is 10.1. The maximum absolute atomic E-state index is 15.0. The van der Waals surface area contributed by atoms with Crippen LogP contribution in [0.5, 0.6) is 0 Å². The molecule has 0 amide bonds. The molecule has 0 atom stereocenters. The van der Waals surface area contributed by atoms with Gasteiger partial charge in [0.25, 0.3) is 0 Å². The van der Waals surface area contributed by atoms with Gasteiger partial charge < -0.3 is 19.3 Å². The molecule has 1 N–H and O–H groups in total. The molecule has 1 aromatic carbocycles. The summed E-state index contributed by atoms with van der Waals surface area (Å²) in [4.78, 5) is 25.0. The molecule has 24 heavy (non-hydrogen) atoms. The van der Waals surface area contributed by atoms with E-state index in [0.29, 0.717) is 26.3 Å². The van der Waals surface area contributed by atoms with Crippen molar-refractivity contribution in [1.29, 1.82) is 0 Å². The molecule has 0 spiro atoms. The van der Waals surface area contributed by atoms with Crippen molar-refractivity contribution in [2.45, 2.75) is 13.5 Å². The number of ether oxygens (including phenoxy) is 1. The van der Waals surface area contributed by atoms with Gasteiger partial charge in [-0.2, -0.15) is 0 Å². The van der Waals surface area contributed by atoms with Gasteiger partial charge in [-0.1, -0.05) is 0 Å². The van der Waals surface area contributed by atoms with Gasteiger partial charge in [0.05, 0.1) is 24.1 Å². The summed E-state index contributed by atoms with van der Waals surface area (Å²) in [5, 5.41) is 8.84. The molecule has 128 valence electrons. The van der Waals surface area contributed by atoms with E-state index < -0.39 is 28.6 Å². The van der Waals surface area contributed by atoms with Crippen LogP contribution in [0.25, 0.3) is 10.9 Å². The summed E-state index contributed by atoms with van der Waals surface area (Å²) in [6.07, 6.45) is 1.09. The molecule has 1 fully saturated rings. The highest BCUT2D eigenvalue weighted by atomic mass is 19.1. The number of nitrogens with zero attached hydrogens (tertiary/aromatic N) is 2. The number of morpholine rings is 1. The predicted molar refractivity (Wildman–Crippen MR) is 83.8 cm³/mol. The predicted octanol–water partition coefficient (Wildman–Crippen LogP) is 1.83. The van der Waals surface area contributed by atoms with E-state index in [-0.39, 0.29) is 23.1 Å². The number of hydrogen-bond donors (Lipinski definition) is 1. The molecular weight excluding hydrogens is 322 g/mol. The Hall–Kier alpha value is -2.48. The van der Waals surface area contributed by atoms with Gasteiger partial charge in [0.2, 0.25) is 5.43 Å². The fourth-order valence-corrected chi connectivity index (χ4v) is 2.96. The van der Waals surface area contributed by atoms with Crippen LogP contribution in [-0.2, 0) is 11.3 Å². The Morgan fingerprint density at radius 2 is 2.00 bits per heavy atom.